The molecule has 1 atom stereocenters. The molecule has 0 radical (unpaired) electrons. The Hall–Kier alpha value is -3.52. The number of nitrogens with one attached hydrogen (secondary N) is 1. The van der Waals surface area contributed by atoms with Crippen LogP contribution in [-0.2, 0) is 6.54 Å². The molecule has 8 nitrogen and oxygen atoms in total. The third kappa shape index (κ3) is 4.72. The highest BCUT2D eigenvalue weighted by Crippen LogP contribution is 2.30. The largest absolute Gasteiger partial charge is 0.494 e. The van der Waals surface area contributed by atoms with Crippen LogP contribution < -0.4 is 10.3 Å². The number of aromatic amines is 1. The van der Waals surface area contributed by atoms with Gasteiger partial charge in [0.2, 0.25) is 0 Å². The Balaban J connectivity index is 1.61. The van der Waals surface area contributed by atoms with Gasteiger partial charge in [0.15, 0.2) is 5.82 Å². The highest BCUT2D eigenvalue weighted by Gasteiger charge is 2.31. The first-order valence-corrected chi connectivity index (χ1v) is 12.1. The van der Waals surface area contributed by atoms with E-state index in [2.05, 4.69) is 37.5 Å². The lowest BCUT2D eigenvalue weighted by Gasteiger charge is -2.29. The van der Waals surface area contributed by atoms with E-state index in [0.717, 1.165) is 48.1 Å². The third-order valence-electron chi connectivity index (χ3n) is 6.44. The first-order valence-electron chi connectivity index (χ1n) is 12.1. The summed E-state index contributed by atoms with van der Waals surface area (Å²) in [4.78, 5) is 18.8. The topological polar surface area (TPSA) is 88.9 Å². The van der Waals surface area contributed by atoms with Crippen LogP contribution in [0.15, 0.2) is 59.4 Å². The van der Waals surface area contributed by atoms with Gasteiger partial charge in [-0.25, -0.2) is 4.68 Å². The summed E-state index contributed by atoms with van der Waals surface area (Å²) >= 11 is 0. The first-order chi connectivity index (χ1) is 16.7. The number of likely N-dealkylation sites (tertiary alicyclic amines) is 1. The SMILES string of the molecule is CCOc1ccc2[nH]c(=O)c([C@@H](c3nnnn3Cc3ccccc3)N3CCCCCC3)cc2c1. The van der Waals surface area contributed by atoms with Crippen LogP contribution in [0.3, 0.4) is 0 Å². The van der Waals surface area contributed by atoms with Gasteiger partial charge in [0, 0.05) is 16.5 Å². The molecule has 0 amide bonds. The molecule has 0 unspecified atom stereocenters. The second-order valence-corrected chi connectivity index (χ2v) is 8.77. The zero-order valence-corrected chi connectivity index (χ0v) is 19.5. The van der Waals surface area contributed by atoms with Crippen LogP contribution >= 0.6 is 0 Å². The van der Waals surface area contributed by atoms with Crippen LogP contribution in [0, 0.1) is 0 Å². The van der Waals surface area contributed by atoms with Gasteiger partial charge in [0.25, 0.3) is 5.56 Å². The number of fused-ring (bicyclic) bond motifs is 1. The van der Waals surface area contributed by atoms with E-state index in [4.69, 9.17) is 4.74 Å². The van der Waals surface area contributed by atoms with Crippen molar-refractivity contribution in [3.8, 4) is 5.75 Å². The second-order valence-electron chi connectivity index (χ2n) is 8.77. The van der Waals surface area contributed by atoms with E-state index in [1.807, 2.05) is 54.1 Å². The van der Waals surface area contributed by atoms with Gasteiger partial charge >= 0.3 is 0 Å². The number of H-pyrrole nitrogens is 1. The molecule has 1 aliphatic heterocycles. The molecule has 176 valence electrons. The smallest absolute Gasteiger partial charge is 0.253 e. The molecule has 0 spiro atoms. The van der Waals surface area contributed by atoms with Gasteiger partial charge in [-0.05, 0) is 73.1 Å². The van der Waals surface area contributed by atoms with Crippen LogP contribution in [0.4, 0.5) is 0 Å². The molecular weight excluding hydrogens is 428 g/mol. The number of hydrogen-bond acceptors (Lipinski definition) is 6. The second kappa shape index (κ2) is 10.2. The summed E-state index contributed by atoms with van der Waals surface area (Å²) in [5.41, 5.74) is 2.45. The minimum absolute atomic E-state index is 0.111. The molecular formula is C26H30N6O2. The Labute approximate surface area is 198 Å². The van der Waals surface area contributed by atoms with E-state index in [1.54, 1.807) is 0 Å². The van der Waals surface area contributed by atoms with E-state index >= 15 is 0 Å². The van der Waals surface area contributed by atoms with Crippen molar-refractivity contribution in [3.63, 3.8) is 0 Å². The summed E-state index contributed by atoms with van der Waals surface area (Å²) in [6.07, 6.45) is 4.58. The van der Waals surface area contributed by atoms with Gasteiger partial charge in [0.05, 0.1) is 13.2 Å². The van der Waals surface area contributed by atoms with Crippen molar-refractivity contribution >= 4 is 10.9 Å². The molecule has 1 N–H and O–H groups in total. The predicted molar refractivity (Wildman–Crippen MR) is 131 cm³/mol. The number of nitrogens with zero attached hydrogens (tertiary/aromatic N) is 5. The molecule has 3 heterocycles. The molecule has 34 heavy (non-hydrogen) atoms. The lowest BCUT2D eigenvalue weighted by Crippen LogP contribution is -2.36. The molecule has 4 aromatic rings. The van der Waals surface area contributed by atoms with Crippen molar-refractivity contribution in [2.45, 2.75) is 45.2 Å². The summed E-state index contributed by atoms with van der Waals surface area (Å²) in [5, 5.41) is 13.7. The first kappa shape index (κ1) is 22.3. The van der Waals surface area contributed by atoms with Crippen molar-refractivity contribution in [2.24, 2.45) is 0 Å². The van der Waals surface area contributed by atoms with Gasteiger partial charge in [-0.3, -0.25) is 9.69 Å². The van der Waals surface area contributed by atoms with E-state index < -0.39 is 0 Å². The van der Waals surface area contributed by atoms with Gasteiger partial charge in [-0.15, -0.1) is 5.10 Å². The van der Waals surface area contributed by atoms with Gasteiger partial charge in [0.1, 0.15) is 11.8 Å². The Morgan fingerprint density at radius 3 is 2.59 bits per heavy atom. The Bertz CT molecular complexity index is 1290. The molecule has 1 fully saturated rings. The average molecular weight is 459 g/mol. The lowest BCUT2D eigenvalue weighted by molar-refractivity contribution is 0.220. The molecule has 8 heteroatoms. The maximum absolute atomic E-state index is 13.4. The van der Waals surface area contributed by atoms with E-state index in [9.17, 15) is 4.79 Å². The maximum Gasteiger partial charge on any atom is 0.253 e. The minimum atomic E-state index is -0.333. The molecule has 0 saturated carbocycles. The van der Waals surface area contributed by atoms with Crippen LogP contribution in [0.2, 0.25) is 0 Å². The number of aromatic nitrogens is 5. The molecule has 1 saturated heterocycles. The zero-order chi connectivity index (χ0) is 23.3. The number of pyridine rings is 1. The summed E-state index contributed by atoms with van der Waals surface area (Å²) in [6.45, 7) is 4.91. The van der Waals surface area contributed by atoms with Crippen molar-refractivity contribution in [1.29, 1.82) is 0 Å². The van der Waals surface area contributed by atoms with Crippen LogP contribution in [0.25, 0.3) is 10.9 Å². The molecule has 0 aliphatic carbocycles. The van der Waals surface area contributed by atoms with E-state index in [-0.39, 0.29) is 11.6 Å². The Morgan fingerprint density at radius 1 is 1.03 bits per heavy atom. The fourth-order valence-electron chi connectivity index (χ4n) is 4.79. The number of tetrazole rings is 1. The standard InChI is InChI=1S/C26H30N6O2/c1-2-34-21-12-13-23-20(16-21)17-22(26(33)27-23)24(31-14-8-3-4-9-15-31)25-28-29-30-32(25)18-19-10-6-5-7-11-19/h5-7,10-13,16-17,24H,2-4,8-9,14-15,18H2,1H3,(H,27,33)/t24-/m0/s1. The highest BCUT2D eigenvalue weighted by molar-refractivity contribution is 5.80. The fourth-order valence-corrected chi connectivity index (χ4v) is 4.79. The maximum atomic E-state index is 13.4. The predicted octanol–water partition coefficient (Wildman–Crippen LogP) is 3.93. The van der Waals surface area contributed by atoms with Crippen LogP contribution in [-0.4, -0.2) is 49.8 Å². The van der Waals surface area contributed by atoms with E-state index in [1.165, 1.54) is 12.8 Å². The monoisotopic (exact) mass is 458 g/mol. The van der Waals surface area contributed by atoms with Crippen LogP contribution in [0.1, 0.15) is 55.6 Å². The van der Waals surface area contributed by atoms with Crippen LogP contribution in [0.5, 0.6) is 5.75 Å². The molecule has 2 aromatic heterocycles. The molecule has 1 aliphatic rings. The number of ether oxygens (including phenoxy) is 1. The molecule has 0 bridgehead atoms. The molecule has 5 rings (SSSR count). The normalized spacial score (nSPS) is 15.8. The number of hydrogen-bond donors (Lipinski definition) is 1. The summed E-state index contributed by atoms with van der Waals surface area (Å²) in [7, 11) is 0. The zero-order valence-electron chi connectivity index (χ0n) is 19.5. The van der Waals surface area contributed by atoms with Gasteiger partial charge in [-0.1, -0.05) is 43.2 Å². The van der Waals surface area contributed by atoms with Gasteiger partial charge in [-0.2, -0.15) is 0 Å². The highest BCUT2D eigenvalue weighted by atomic mass is 16.5. The summed E-state index contributed by atoms with van der Waals surface area (Å²) in [6, 6.07) is 17.5. The van der Waals surface area contributed by atoms with Crippen molar-refractivity contribution in [3.05, 3.63) is 81.9 Å². The quantitative estimate of drug-likeness (QED) is 0.451. The minimum Gasteiger partial charge on any atom is -0.494 e. The van der Waals surface area contributed by atoms with Crippen molar-refractivity contribution in [1.82, 2.24) is 30.1 Å². The Kier molecular flexibility index (Phi) is 6.67. The Morgan fingerprint density at radius 2 is 1.82 bits per heavy atom. The summed E-state index contributed by atoms with van der Waals surface area (Å²) < 4.78 is 7.52. The fraction of sp³-hybridized carbons (Fsp3) is 0.385. The molecule has 2 aromatic carbocycles. The summed E-state index contributed by atoms with van der Waals surface area (Å²) in [5.74, 6) is 1.48. The number of benzene rings is 2. The third-order valence-corrected chi connectivity index (χ3v) is 6.44. The van der Waals surface area contributed by atoms with Gasteiger partial charge < -0.3 is 9.72 Å². The van der Waals surface area contributed by atoms with E-state index in [0.29, 0.717) is 24.5 Å². The van der Waals surface area contributed by atoms with Crippen molar-refractivity contribution in [2.75, 3.05) is 19.7 Å². The number of rotatable bonds is 7. The lowest BCUT2D eigenvalue weighted by atomic mass is 10.0. The van der Waals surface area contributed by atoms with Crippen molar-refractivity contribution < 1.29 is 4.74 Å². The average Bonchev–Trinajstić information content (AvgIpc) is 3.12.